The maximum Gasteiger partial charge on any atom is 0.0226 e. The van der Waals surface area contributed by atoms with E-state index in [0.717, 1.165) is 19.0 Å². The molecule has 0 bridgehead atoms. The van der Waals surface area contributed by atoms with Crippen molar-refractivity contribution in [3.63, 3.8) is 0 Å². The SMILES string of the molecule is CCN(C)CC1CCN(CC(C)(C)N)C1. The third-order valence-corrected chi connectivity index (χ3v) is 3.11. The quantitative estimate of drug-likeness (QED) is 0.739. The van der Waals surface area contributed by atoms with Gasteiger partial charge in [0.2, 0.25) is 0 Å². The van der Waals surface area contributed by atoms with E-state index in [1.54, 1.807) is 0 Å². The minimum atomic E-state index is -0.0501. The van der Waals surface area contributed by atoms with E-state index in [2.05, 4.69) is 37.6 Å². The van der Waals surface area contributed by atoms with Crippen LogP contribution in [0.1, 0.15) is 27.2 Å². The van der Waals surface area contributed by atoms with Crippen LogP contribution in [0.15, 0.2) is 0 Å². The largest absolute Gasteiger partial charge is 0.324 e. The minimum Gasteiger partial charge on any atom is -0.324 e. The highest BCUT2D eigenvalue weighted by atomic mass is 15.2. The Kier molecular flexibility index (Phi) is 4.56. The van der Waals surface area contributed by atoms with Gasteiger partial charge >= 0.3 is 0 Å². The van der Waals surface area contributed by atoms with Crippen LogP contribution in [0.4, 0.5) is 0 Å². The molecular weight excluding hydrogens is 186 g/mol. The average molecular weight is 213 g/mol. The van der Waals surface area contributed by atoms with E-state index < -0.39 is 0 Å². The minimum absolute atomic E-state index is 0.0501. The molecule has 1 saturated heterocycles. The monoisotopic (exact) mass is 213 g/mol. The Morgan fingerprint density at radius 3 is 2.67 bits per heavy atom. The highest BCUT2D eigenvalue weighted by Crippen LogP contribution is 2.18. The fraction of sp³-hybridized carbons (Fsp3) is 1.00. The molecule has 3 heteroatoms. The first-order valence-corrected chi connectivity index (χ1v) is 6.10. The molecule has 0 amide bonds. The van der Waals surface area contributed by atoms with Crippen LogP contribution in [0.5, 0.6) is 0 Å². The predicted octanol–water partition coefficient (Wildman–Crippen LogP) is 0.997. The van der Waals surface area contributed by atoms with Crippen LogP contribution in [0.25, 0.3) is 0 Å². The van der Waals surface area contributed by atoms with Gasteiger partial charge in [0.05, 0.1) is 0 Å². The fourth-order valence-electron chi connectivity index (χ4n) is 2.35. The van der Waals surface area contributed by atoms with Crippen LogP contribution >= 0.6 is 0 Å². The Balaban J connectivity index is 2.27. The second-order valence-corrected chi connectivity index (χ2v) is 5.73. The molecular formula is C12H27N3. The van der Waals surface area contributed by atoms with Gasteiger partial charge in [-0.2, -0.15) is 0 Å². The second kappa shape index (κ2) is 5.28. The molecule has 0 spiro atoms. The number of nitrogens with two attached hydrogens (primary N) is 1. The molecule has 1 heterocycles. The molecule has 3 nitrogen and oxygen atoms in total. The third kappa shape index (κ3) is 4.96. The Morgan fingerprint density at radius 1 is 1.47 bits per heavy atom. The van der Waals surface area contributed by atoms with E-state index >= 15 is 0 Å². The molecule has 1 aliphatic heterocycles. The van der Waals surface area contributed by atoms with Gasteiger partial charge < -0.3 is 15.5 Å². The first-order valence-electron chi connectivity index (χ1n) is 6.10. The molecule has 0 aromatic rings. The van der Waals surface area contributed by atoms with E-state index in [4.69, 9.17) is 5.73 Å². The van der Waals surface area contributed by atoms with Gasteiger partial charge in [0.1, 0.15) is 0 Å². The fourth-order valence-corrected chi connectivity index (χ4v) is 2.35. The van der Waals surface area contributed by atoms with Crippen LogP contribution in [-0.2, 0) is 0 Å². The highest BCUT2D eigenvalue weighted by molar-refractivity contribution is 4.83. The van der Waals surface area contributed by atoms with Crippen LogP contribution in [0.3, 0.4) is 0 Å². The molecule has 0 radical (unpaired) electrons. The molecule has 1 atom stereocenters. The van der Waals surface area contributed by atoms with Gasteiger partial charge in [-0.25, -0.2) is 0 Å². The van der Waals surface area contributed by atoms with Gasteiger partial charge in [-0.3, -0.25) is 0 Å². The first kappa shape index (κ1) is 12.9. The third-order valence-electron chi connectivity index (χ3n) is 3.11. The van der Waals surface area contributed by atoms with Crippen molar-refractivity contribution in [3.8, 4) is 0 Å². The van der Waals surface area contributed by atoms with Crippen molar-refractivity contribution >= 4 is 0 Å². The second-order valence-electron chi connectivity index (χ2n) is 5.73. The summed E-state index contributed by atoms with van der Waals surface area (Å²) in [5, 5.41) is 0. The summed E-state index contributed by atoms with van der Waals surface area (Å²) in [7, 11) is 2.20. The molecule has 0 saturated carbocycles. The molecule has 0 aromatic heterocycles. The van der Waals surface area contributed by atoms with Gasteiger partial charge in [0.25, 0.3) is 0 Å². The Labute approximate surface area is 94.6 Å². The predicted molar refractivity (Wildman–Crippen MR) is 66.0 cm³/mol. The van der Waals surface area contributed by atoms with Crippen molar-refractivity contribution in [2.75, 3.05) is 39.8 Å². The van der Waals surface area contributed by atoms with Crippen LogP contribution in [0.2, 0.25) is 0 Å². The summed E-state index contributed by atoms with van der Waals surface area (Å²) in [5.74, 6) is 0.845. The zero-order valence-electron chi connectivity index (χ0n) is 10.8. The number of hydrogen-bond acceptors (Lipinski definition) is 3. The van der Waals surface area contributed by atoms with E-state index in [-0.39, 0.29) is 5.54 Å². The molecule has 15 heavy (non-hydrogen) atoms. The summed E-state index contributed by atoms with van der Waals surface area (Å²) < 4.78 is 0. The number of rotatable bonds is 5. The van der Waals surface area contributed by atoms with Crippen molar-refractivity contribution in [1.82, 2.24) is 9.80 Å². The van der Waals surface area contributed by atoms with Crippen molar-refractivity contribution in [2.24, 2.45) is 11.7 Å². The normalized spacial score (nSPS) is 24.0. The van der Waals surface area contributed by atoms with Crippen molar-refractivity contribution in [1.29, 1.82) is 0 Å². The topological polar surface area (TPSA) is 32.5 Å². The molecule has 1 unspecified atom stereocenters. The average Bonchev–Trinajstić information content (AvgIpc) is 2.49. The summed E-state index contributed by atoms with van der Waals surface area (Å²) >= 11 is 0. The number of likely N-dealkylation sites (tertiary alicyclic amines) is 1. The van der Waals surface area contributed by atoms with Gasteiger partial charge in [0.15, 0.2) is 0 Å². The van der Waals surface area contributed by atoms with Crippen LogP contribution < -0.4 is 5.73 Å². The highest BCUT2D eigenvalue weighted by Gasteiger charge is 2.26. The smallest absolute Gasteiger partial charge is 0.0226 e. The summed E-state index contributed by atoms with van der Waals surface area (Å²) in [5.41, 5.74) is 5.99. The number of nitrogens with zero attached hydrogens (tertiary/aromatic N) is 2. The van der Waals surface area contributed by atoms with Gasteiger partial charge in [0, 0.05) is 25.2 Å². The summed E-state index contributed by atoms with van der Waals surface area (Å²) in [6, 6.07) is 0. The van der Waals surface area contributed by atoms with Crippen molar-refractivity contribution < 1.29 is 0 Å². The van der Waals surface area contributed by atoms with Gasteiger partial charge in [-0.1, -0.05) is 6.92 Å². The lowest BCUT2D eigenvalue weighted by molar-refractivity contribution is 0.243. The summed E-state index contributed by atoms with van der Waals surface area (Å²) in [6.45, 7) is 12.3. The molecule has 1 aliphatic rings. The van der Waals surface area contributed by atoms with Crippen molar-refractivity contribution in [2.45, 2.75) is 32.7 Å². The molecule has 1 rings (SSSR count). The molecule has 90 valence electrons. The van der Waals surface area contributed by atoms with Crippen molar-refractivity contribution in [3.05, 3.63) is 0 Å². The molecule has 0 aliphatic carbocycles. The van der Waals surface area contributed by atoms with E-state index in [0.29, 0.717) is 0 Å². The van der Waals surface area contributed by atoms with E-state index in [1.165, 1.54) is 26.1 Å². The summed E-state index contributed by atoms with van der Waals surface area (Å²) in [6.07, 6.45) is 1.33. The Morgan fingerprint density at radius 2 is 2.13 bits per heavy atom. The summed E-state index contributed by atoms with van der Waals surface area (Å²) in [4.78, 5) is 4.91. The lowest BCUT2D eigenvalue weighted by Gasteiger charge is -2.26. The lowest BCUT2D eigenvalue weighted by atomic mass is 10.1. The maximum absolute atomic E-state index is 6.04. The zero-order valence-corrected chi connectivity index (χ0v) is 10.8. The molecule has 1 fully saturated rings. The molecule has 0 aromatic carbocycles. The van der Waals surface area contributed by atoms with Crippen LogP contribution in [-0.4, -0.2) is 55.1 Å². The lowest BCUT2D eigenvalue weighted by Crippen LogP contribution is -2.44. The van der Waals surface area contributed by atoms with E-state index in [9.17, 15) is 0 Å². The zero-order chi connectivity index (χ0) is 11.5. The van der Waals surface area contributed by atoms with Gasteiger partial charge in [-0.05, 0) is 46.3 Å². The standard InChI is InChI=1S/C12H27N3/c1-5-14(4)8-11-6-7-15(9-11)10-12(2,3)13/h11H,5-10,13H2,1-4H3. The van der Waals surface area contributed by atoms with Crippen LogP contribution in [0, 0.1) is 5.92 Å². The number of hydrogen-bond donors (Lipinski definition) is 1. The van der Waals surface area contributed by atoms with Gasteiger partial charge in [-0.15, -0.1) is 0 Å². The Hall–Kier alpha value is -0.120. The first-order chi connectivity index (χ1) is 6.90. The molecule has 2 N–H and O–H groups in total. The Bertz CT molecular complexity index is 186. The maximum atomic E-state index is 6.04. The van der Waals surface area contributed by atoms with E-state index in [1.807, 2.05) is 0 Å².